The van der Waals surface area contributed by atoms with Crippen molar-refractivity contribution in [2.45, 2.75) is 13.1 Å². The minimum absolute atomic E-state index is 0.658. The minimum Gasteiger partial charge on any atom is -0.493 e. The zero-order valence-corrected chi connectivity index (χ0v) is 20.1. The highest BCUT2D eigenvalue weighted by atomic mass is 16.5. The SMILES string of the molecule is COc1ccc(CN2CCN(Cc3c[nH]c4ccccc34)CC2)c(OC)c1OC.O=C(O)C(=O)O. The fourth-order valence-corrected chi connectivity index (χ4v) is 4.14. The van der Waals surface area contributed by atoms with Gasteiger partial charge in [0.2, 0.25) is 5.75 Å². The first-order valence-electron chi connectivity index (χ1n) is 11.1. The van der Waals surface area contributed by atoms with Gasteiger partial charge in [-0.05, 0) is 17.7 Å². The van der Waals surface area contributed by atoms with Crippen LogP contribution in [0.5, 0.6) is 17.2 Å². The van der Waals surface area contributed by atoms with Crippen LogP contribution in [0.4, 0.5) is 0 Å². The number of hydrogen-bond acceptors (Lipinski definition) is 7. The number of methoxy groups -OCH3 is 3. The number of carboxylic acid groups (broad SMARTS) is 2. The molecule has 4 rings (SSSR count). The number of H-pyrrole nitrogens is 1. The molecule has 0 saturated carbocycles. The molecule has 10 nitrogen and oxygen atoms in total. The smallest absolute Gasteiger partial charge is 0.414 e. The molecule has 0 aliphatic carbocycles. The maximum absolute atomic E-state index is 9.10. The van der Waals surface area contributed by atoms with Crippen LogP contribution in [0.2, 0.25) is 0 Å². The molecule has 1 aliphatic rings. The van der Waals surface area contributed by atoms with E-state index in [0.717, 1.165) is 50.6 Å². The number of hydrogen-bond donors (Lipinski definition) is 3. The number of para-hydroxylation sites is 1. The Morgan fingerprint density at radius 3 is 1.91 bits per heavy atom. The van der Waals surface area contributed by atoms with Crippen LogP contribution in [0, 0.1) is 0 Å². The zero-order chi connectivity index (χ0) is 25.4. The first-order chi connectivity index (χ1) is 16.9. The third kappa shape index (κ3) is 6.43. The lowest BCUT2D eigenvalue weighted by molar-refractivity contribution is -0.159. The summed E-state index contributed by atoms with van der Waals surface area (Å²) < 4.78 is 16.5. The summed E-state index contributed by atoms with van der Waals surface area (Å²) in [6, 6.07) is 12.5. The lowest BCUT2D eigenvalue weighted by Crippen LogP contribution is -2.45. The molecule has 1 fully saturated rings. The van der Waals surface area contributed by atoms with Gasteiger partial charge in [-0.2, -0.15) is 0 Å². The summed E-state index contributed by atoms with van der Waals surface area (Å²) in [6.07, 6.45) is 2.14. The highest BCUT2D eigenvalue weighted by Crippen LogP contribution is 2.40. The van der Waals surface area contributed by atoms with E-state index in [-0.39, 0.29) is 0 Å². The van der Waals surface area contributed by atoms with Crippen LogP contribution in [-0.2, 0) is 22.7 Å². The van der Waals surface area contributed by atoms with Crippen molar-refractivity contribution >= 4 is 22.8 Å². The second kappa shape index (κ2) is 12.1. The molecule has 0 unspecified atom stereocenters. The Labute approximate surface area is 203 Å². The van der Waals surface area contributed by atoms with E-state index in [1.165, 1.54) is 16.5 Å². The van der Waals surface area contributed by atoms with E-state index in [1.807, 2.05) is 6.07 Å². The number of carboxylic acids is 2. The molecule has 0 spiro atoms. The second-order valence-electron chi connectivity index (χ2n) is 8.02. The summed E-state index contributed by atoms with van der Waals surface area (Å²) in [5.74, 6) is -1.54. The fraction of sp³-hybridized carbons (Fsp3) is 0.360. The van der Waals surface area contributed by atoms with Crippen LogP contribution < -0.4 is 14.2 Å². The largest absolute Gasteiger partial charge is 0.493 e. The molecule has 10 heteroatoms. The van der Waals surface area contributed by atoms with E-state index >= 15 is 0 Å². The van der Waals surface area contributed by atoms with Gasteiger partial charge in [-0.25, -0.2) is 9.59 Å². The number of nitrogens with one attached hydrogen (secondary N) is 1. The number of ether oxygens (including phenoxy) is 3. The van der Waals surface area contributed by atoms with Crippen molar-refractivity contribution in [2.24, 2.45) is 0 Å². The third-order valence-corrected chi connectivity index (χ3v) is 5.90. The number of piperazine rings is 1. The number of benzene rings is 2. The van der Waals surface area contributed by atoms with Crippen LogP contribution in [0.25, 0.3) is 10.9 Å². The van der Waals surface area contributed by atoms with Crippen molar-refractivity contribution in [2.75, 3.05) is 47.5 Å². The number of fused-ring (bicyclic) bond motifs is 1. The van der Waals surface area contributed by atoms with Crippen LogP contribution >= 0.6 is 0 Å². The molecule has 1 aromatic heterocycles. The van der Waals surface area contributed by atoms with Crippen molar-refractivity contribution in [1.82, 2.24) is 14.8 Å². The number of aromatic nitrogens is 1. The molecule has 2 aromatic carbocycles. The minimum atomic E-state index is -1.82. The number of rotatable bonds is 7. The van der Waals surface area contributed by atoms with Gasteiger partial charge in [-0.15, -0.1) is 0 Å². The highest BCUT2D eigenvalue weighted by molar-refractivity contribution is 6.27. The molecule has 188 valence electrons. The Kier molecular flexibility index (Phi) is 8.93. The quantitative estimate of drug-likeness (QED) is 0.433. The normalized spacial score (nSPS) is 14.1. The zero-order valence-electron chi connectivity index (χ0n) is 20.1. The Hall–Kier alpha value is -3.76. The predicted octanol–water partition coefficient (Wildman–Crippen LogP) is 2.67. The molecule has 1 saturated heterocycles. The summed E-state index contributed by atoms with van der Waals surface area (Å²) in [5, 5.41) is 16.1. The Morgan fingerprint density at radius 1 is 0.800 bits per heavy atom. The van der Waals surface area contributed by atoms with E-state index in [9.17, 15) is 0 Å². The van der Waals surface area contributed by atoms with E-state index in [1.54, 1.807) is 21.3 Å². The van der Waals surface area contributed by atoms with Gasteiger partial charge >= 0.3 is 11.9 Å². The van der Waals surface area contributed by atoms with E-state index < -0.39 is 11.9 Å². The number of aromatic amines is 1. The third-order valence-electron chi connectivity index (χ3n) is 5.90. The number of aliphatic carboxylic acids is 2. The average molecular weight is 486 g/mol. The fourth-order valence-electron chi connectivity index (χ4n) is 4.14. The maximum atomic E-state index is 9.10. The van der Waals surface area contributed by atoms with Gasteiger partial charge in [0, 0.05) is 61.9 Å². The first kappa shape index (κ1) is 25.9. The molecule has 0 radical (unpaired) electrons. The highest BCUT2D eigenvalue weighted by Gasteiger charge is 2.22. The molecule has 1 aliphatic heterocycles. The van der Waals surface area contributed by atoms with Gasteiger partial charge in [-0.3, -0.25) is 9.80 Å². The van der Waals surface area contributed by atoms with Crippen LogP contribution in [0.1, 0.15) is 11.1 Å². The summed E-state index contributed by atoms with van der Waals surface area (Å²) in [6.45, 7) is 5.98. The molecule has 35 heavy (non-hydrogen) atoms. The molecule has 2 heterocycles. The van der Waals surface area contributed by atoms with Crippen LogP contribution in [-0.4, -0.2) is 84.4 Å². The maximum Gasteiger partial charge on any atom is 0.414 e. The lowest BCUT2D eigenvalue weighted by atomic mass is 10.1. The van der Waals surface area contributed by atoms with Crippen molar-refractivity contribution < 1.29 is 34.0 Å². The predicted molar refractivity (Wildman–Crippen MR) is 130 cm³/mol. The van der Waals surface area contributed by atoms with E-state index in [0.29, 0.717) is 11.5 Å². The van der Waals surface area contributed by atoms with Gasteiger partial charge in [0.15, 0.2) is 11.5 Å². The van der Waals surface area contributed by atoms with Gasteiger partial charge in [0.25, 0.3) is 0 Å². The monoisotopic (exact) mass is 485 g/mol. The average Bonchev–Trinajstić information content (AvgIpc) is 3.27. The summed E-state index contributed by atoms with van der Waals surface area (Å²) >= 11 is 0. The van der Waals surface area contributed by atoms with E-state index in [2.05, 4.69) is 51.3 Å². The standard InChI is InChI=1S/C23H29N3O3.C2H2O4/c1-27-21-9-8-17(22(28-2)23(21)29-3)15-25-10-12-26(13-11-25)16-18-14-24-20-7-5-4-6-19(18)20;3-1(4)2(5)6/h4-9,14,24H,10-13,15-16H2,1-3H3;(H,3,4)(H,5,6). The van der Waals surface area contributed by atoms with Gasteiger partial charge in [0.1, 0.15) is 0 Å². The molecule has 0 atom stereocenters. The van der Waals surface area contributed by atoms with Crippen molar-refractivity contribution in [1.29, 1.82) is 0 Å². The Morgan fingerprint density at radius 2 is 1.37 bits per heavy atom. The van der Waals surface area contributed by atoms with E-state index in [4.69, 9.17) is 34.0 Å². The van der Waals surface area contributed by atoms with Crippen LogP contribution in [0.15, 0.2) is 42.6 Å². The molecule has 0 bridgehead atoms. The number of nitrogens with zero attached hydrogens (tertiary/aromatic N) is 2. The summed E-state index contributed by atoms with van der Waals surface area (Å²) in [7, 11) is 4.97. The molecule has 3 aromatic rings. The van der Waals surface area contributed by atoms with Crippen molar-refractivity contribution in [3.05, 3.63) is 53.7 Å². The van der Waals surface area contributed by atoms with Gasteiger partial charge < -0.3 is 29.4 Å². The lowest BCUT2D eigenvalue weighted by Gasteiger charge is -2.35. The number of carbonyl (C=O) groups is 2. The molecular weight excluding hydrogens is 454 g/mol. The topological polar surface area (TPSA) is 125 Å². The van der Waals surface area contributed by atoms with Crippen molar-refractivity contribution in [3.63, 3.8) is 0 Å². The molecule has 3 N–H and O–H groups in total. The van der Waals surface area contributed by atoms with Crippen LogP contribution in [0.3, 0.4) is 0 Å². The first-order valence-corrected chi connectivity index (χ1v) is 11.1. The van der Waals surface area contributed by atoms with Crippen molar-refractivity contribution in [3.8, 4) is 17.2 Å². The van der Waals surface area contributed by atoms with Gasteiger partial charge in [0.05, 0.1) is 21.3 Å². The molecule has 0 amide bonds. The molecular formula is C25H31N3O7. The van der Waals surface area contributed by atoms with Gasteiger partial charge in [-0.1, -0.05) is 24.3 Å². The Balaban J connectivity index is 0.000000509. The summed E-state index contributed by atoms with van der Waals surface area (Å²) in [4.78, 5) is 26.6. The Bertz CT molecular complexity index is 1140. The summed E-state index contributed by atoms with van der Waals surface area (Å²) in [5.41, 5.74) is 3.70. The second-order valence-corrected chi connectivity index (χ2v) is 8.02.